The molecule has 31 heavy (non-hydrogen) atoms. The van der Waals surface area contributed by atoms with Crippen molar-refractivity contribution in [1.29, 1.82) is 0 Å². The number of carboxylic acid groups (broad SMARTS) is 1. The first-order chi connectivity index (χ1) is 15.0. The third-order valence-electron chi connectivity index (χ3n) is 6.04. The molecule has 1 atom stereocenters. The molecule has 1 aromatic carbocycles. The van der Waals surface area contributed by atoms with Crippen LogP contribution in [-0.2, 0) is 24.4 Å². The van der Waals surface area contributed by atoms with Crippen molar-refractivity contribution in [3.05, 3.63) is 46.5 Å². The molecule has 0 saturated heterocycles. The van der Waals surface area contributed by atoms with E-state index in [1.54, 1.807) is 0 Å². The van der Waals surface area contributed by atoms with Gasteiger partial charge in [-0.1, -0.05) is 69.2 Å². The average Bonchev–Trinajstić information content (AvgIpc) is 3.08. The summed E-state index contributed by atoms with van der Waals surface area (Å²) in [5, 5.41) is 19.6. The molecule has 7 heteroatoms. The van der Waals surface area contributed by atoms with Crippen LogP contribution in [0.25, 0.3) is 0 Å². The summed E-state index contributed by atoms with van der Waals surface area (Å²) in [6.07, 6.45) is 8.40. The summed E-state index contributed by atoms with van der Waals surface area (Å²) < 4.78 is 7.76. The molecule has 1 aromatic heterocycles. The molecule has 1 aliphatic carbocycles. The second-order valence-electron chi connectivity index (χ2n) is 8.44. The van der Waals surface area contributed by atoms with Gasteiger partial charge in [0, 0.05) is 6.42 Å². The highest BCUT2D eigenvalue weighted by atomic mass is 35.5. The van der Waals surface area contributed by atoms with E-state index < -0.39 is 12.1 Å². The summed E-state index contributed by atoms with van der Waals surface area (Å²) in [5.41, 5.74) is 1.51. The van der Waals surface area contributed by atoms with Gasteiger partial charge in [-0.2, -0.15) is 0 Å². The molecule has 0 spiro atoms. The third kappa shape index (κ3) is 6.47. The Morgan fingerprint density at radius 2 is 1.97 bits per heavy atom. The first kappa shape index (κ1) is 23.6. The van der Waals surface area contributed by atoms with Crippen LogP contribution in [0.4, 0.5) is 0 Å². The number of aliphatic hydroxyl groups is 1. The highest BCUT2D eigenvalue weighted by Gasteiger charge is 2.25. The van der Waals surface area contributed by atoms with Crippen molar-refractivity contribution in [2.24, 2.45) is 5.92 Å². The van der Waals surface area contributed by atoms with E-state index in [4.69, 9.17) is 16.3 Å². The zero-order valence-electron chi connectivity index (χ0n) is 18.2. The van der Waals surface area contributed by atoms with Gasteiger partial charge in [-0.15, -0.1) is 0 Å². The lowest BCUT2D eigenvalue weighted by Gasteiger charge is -2.25. The number of ether oxygens (including phenoxy) is 1. The van der Waals surface area contributed by atoms with Crippen molar-refractivity contribution < 1.29 is 19.7 Å². The smallest absolute Gasteiger partial charge is 0.344 e. The Labute approximate surface area is 189 Å². The predicted octanol–water partition coefficient (Wildman–Crippen LogP) is 5.22. The number of rotatable bonds is 11. The van der Waals surface area contributed by atoms with Gasteiger partial charge >= 0.3 is 5.97 Å². The number of aromatic nitrogens is 2. The van der Waals surface area contributed by atoms with Crippen LogP contribution in [0.15, 0.2) is 24.3 Å². The van der Waals surface area contributed by atoms with Crippen molar-refractivity contribution in [3.63, 3.8) is 0 Å². The molecule has 2 aromatic rings. The van der Waals surface area contributed by atoms with E-state index in [1.165, 1.54) is 19.3 Å². The third-order valence-corrected chi connectivity index (χ3v) is 6.47. The normalized spacial score (nSPS) is 15.7. The van der Waals surface area contributed by atoms with Gasteiger partial charge in [0.2, 0.25) is 0 Å². The summed E-state index contributed by atoms with van der Waals surface area (Å²) in [6, 6.07) is 7.48. The van der Waals surface area contributed by atoms with Crippen LogP contribution >= 0.6 is 11.6 Å². The van der Waals surface area contributed by atoms with Gasteiger partial charge in [-0.05, 0) is 36.5 Å². The topological polar surface area (TPSA) is 84.6 Å². The Bertz CT molecular complexity index is 844. The average molecular weight is 449 g/mol. The molecule has 0 radical (unpaired) electrons. The summed E-state index contributed by atoms with van der Waals surface area (Å²) in [5.74, 6) is 0.956. The number of imidazole rings is 1. The van der Waals surface area contributed by atoms with Gasteiger partial charge in [0.05, 0.1) is 13.2 Å². The van der Waals surface area contributed by atoms with E-state index in [9.17, 15) is 15.0 Å². The number of aryl methyl sites for hydroxylation is 1. The van der Waals surface area contributed by atoms with Gasteiger partial charge in [0.15, 0.2) is 6.10 Å². The minimum Gasteiger partial charge on any atom is -0.479 e. The second kappa shape index (κ2) is 11.5. The Kier molecular flexibility index (Phi) is 8.79. The van der Waals surface area contributed by atoms with Gasteiger partial charge in [0.1, 0.15) is 22.4 Å². The van der Waals surface area contributed by atoms with E-state index >= 15 is 0 Å². The minimum atomic E-state index is -0.906. The lowest BCUT2D eigenvalue weighted by molar-refractivity contribution is -0.146. The quantitative estimate of drug-likeness (QED) is 0.492. The van der Waals surface area contributed by atoms with Crippen molar-refractivity contribution in [2.75, 3.05) is 0 Å². The maximum Gasteiger partial charge on any atom is 0.344 e. The number of aliphatic hydroxyl groups excluding tert-OH is 1. The standard InChI is InChI=1S/C24H33ClN2O4/c1-2-3-9-22-26-20(16-28)23(25)27(22)15-18-10-12-19(13-11-18)31-21(24(29)30)14-17-7-5-4-6-8-17/h10-13,17,21,28H,2-9,14-16H2,1H3,(H,29,30). The molecule has 3 rings (SSSR count). The van der Waals surface area contributed by atoms with E-state index in [0.717, 1.165) is 43.5 Å². The van der Waals surface area contributed by atoms with Gasteiger partial charge < -0.3 is 19.5 Å². The van der Waals surface area contributed by atoms with Crippen LogP contribution in [0.5, 0.6) is 5.75 Å². The summed E-state index contributed by atoms with van der Waals surface area (Å²) in [6.45, 7) is 2.48. The maximum absolute atomic E-state index is 11.7. The zero-order chi connectivity index (χ0) is 22.2. The lowest BCUT2D eigenvalue weighted by Crippen LogP contribution is -2.30. The Hall–Kier alpha value is -2.05. The molecular weight excluding hydrogens is 416 g/mol. The molecule has 0 amide bonds. The number of carboxylic acids is 1. The fourth-order valence-corrected chi connectivity index (χ4v) is 4.52. The monoisotopic (exact) mass is 448 g/mol. The summed E-state index contributed by atoms with van der Waals surface area (Å²) in [7, 11) is 0. The van der Waals surface area contributed by atoms with Crippen LogP contribution in [0, 0.1) is 5.92 Å². The molecular formula is C24H33ClN2O4. The fourth-order valence-electron chi connectivity index (χ4n) is 4.26. The predicted molar refractivity (Wildman–Crippen MR) is 121 cm³/mol. The molecule has 170 valence electrons. The van der Waals surface area contributed by atoms with Crippen molar-refractivity contribution in [3.8, 4) is 5.75 Å². The molecule has 1 unspecified atom stereocenters. The first-order valence-corrected chi connectivity index (χ1v) is 11.7. The highest BCUT2D eigenvalue weighted by Crippen LogP contribution is 2.29. The van der Waals surface area contributed by atoms with Crippen LogP contribution in [0.2, 0.25) is 5.15 Å². The molecule has 1 heterocycles. The number of carbonyl (C=O) groups is 1. The minimum absolute atomic E-state index is 0.185. The van der Waals surface area contributed by atoms with Crippen molar-refractivity contribution >= 4 is 17.6 Å². The number of hydrogen-bond donors (Lipinski definition) is 2. The van der Waals surface area contributed by atoms with E-state index in [-0.39, 0.29) is 6.61 Å². The van der Waals surface area contributed by atoms with E-state index in [2.05, 4.69) is 11.9 Å². The molecule has 1 fully saturated rings. The number of hydrogen-bond acceptors (Lipinski definition) is 4. The van der Waals surface area contributed by atoms with Gasteiger partial charge in [0.25, 0.3) is 0 Å². The van der Waals surface area contributed by atoms with E-state index in [0.29, 0.717) is 35.5 Å². The molecule has 1 aliphatic rings. The van der Waals surface area contributed by atoms with Gasteiger partial charge in [-0.25, -0.2) is 9.78 Å². The highest BCUT2D eigenvalue weighted by molar-refractivity contribution is 6.30. The molecule has 1 saturated carbocycles. The maximum atomic E-state index is 11.7. The second-order valence-corrected chi connectivity index (χ2v) is 8.80. The zero-order valence-corrected chi connectivity index (χ0v) is 19.0. The molecule has 6 nitrogen and oxygen atoms in total. The number of aliphatic carboxylic acids is 1. The number of benzene rings is 1. The molecule has 2 N–H and O–H groups in total. The van der Waals surface area contributed by atoms with Crippen LogP contribution in [0.3, 0.4) is 0 Å². The fraction of sp³-hybridized carbons (Fsp3) is 0.583. The Morgan fingerprint density at radius 1 is 1.26 bits per heavy atom. The first-order valence-electron chi connectivity index (χ1n) is 11.3. The Morgan fingerprint density at radius 3 is 2.58 bits per heavy atom. The van der Waals surface area contributed by atoms with Gasteiger partial charge in [-0.3, -0.25) is 0 Å². The van der Waals surface area contributed by atoms with Crippen LogP contribution in [-0.4, -0.2) is 31.8 Å². The van der Waals surface area contributed by atoms with Crippen LogP contribution in [0.1, 0.15) is 75.4 Å². The largest absolute Gasteiger partial charge is 0.479 e. The number of halogens is 1. The van der Waals surface area contributed by atoms with E-state index in [1.807, 2.05) is 28.8 Å². The SMILES string of the molecule is CCCCc1nc(CO)c(Cl)n1Cc1ccc(OC(CC2CCCCC2)C(=O)O)cc1. The summed E-state index contributed by atoms with van der Waals surface area (Å²) in [4.78, 5) is 16.2. The summed E-state index contributed by atoms with van der Waals surface area (Å²) >= 11 is 6.44. The number of nitrogens with zero attached hydrogens (tertiary/aromatic N) is 2. The van der Waals surface area contributed by atoms with Crippen molar-refractivity contribution in [2.45, 2.75) is 84.0 Å². The molecule has 0 bridgehead atoms. The molecule has 0 aliphatic heterocycles. The Balaban J connectivity index is 1.67. The van der Waals surface area contributed by atoms with Crippen LogP contribution < -0.4 is 4.74 Å². The lowest BCUT2D eigenvalue weighted by atomic mass is 9.85. The number of unbranched alkanes of at least 4 members (excludes halogenated alkanes) is 1. The van der Waals surface area contributed by atoms with Crippen molar-refractivity contribution in [1.82, 2.24) is 9.55 Å².